The fourth-order valence-corrected chi connectivity index (χ4v) is 5.85. The van der Waals surface area contributed by atoms with E-state index >= 15 is 0 Å². The van der Waals surface area contributed by atoms with Gasteiger partial charge in [-0.2, -0.15) is 0 Å². The summed E-state index contributed by atoms with van der Waals surface area (Å²) < 4.78 is 0. The lowest BCUT2D eigenvalue weighted by Crippen LogP contribution is -2.45. The second-order valence-corrected chi connectivity index (χ2v) is 9.78. The molecule has 1 aliphatic carbocycles. The summed E-state index contributed by atoms with van der Waals surface area (Å²) in [5, 5.41) is 3.04. The van der Waals surface area contributed by atoms with E-state index in [-0.39, 0.29) is 23.8 Å². The molecule has 1 saturated heterocycles. The molecule has 2 heterocycles. The average Bonchev–Trinajstić information content (AvgIpc) is 3.07. The molecular weight excluding hydrogens is 376 g/mol. The number of thiophene rings is 1. The van der Waals surface area contributed by atoms with Crippen LogP contribution in [-0.2, 0) is 9.59 Å². The molecule has 0 radical (unpaired) electrons. The minimum absolute atomic E-state index is 0.0396. The maximum atomic E-state index is 13.0. The number of aryl methyl sites for hydroxylation is 2. The molecule has 142 valence electrons. The first-order chi connectivity index (χ1) is 13.0. The molecular formula is C21H24N2O2S2. The second-order valence-electron chi connectivity index (χ2n) is 7.46. The molecule has 1 aromatic carbocycles. The summed E-state index contributed by atoms with van der Waals surface area (Å²) in [6, 6.07) is 9.78. The molecule has 2 aromatic rings. The lowest BCUT2D eigenvalue weighted by Gasteiger charge is -2.24. The Hall–Kier alpha value is -1.79. The highest BCUT2D eigenvalue weighted by molar-refractivity contribution is 7.99. The molecule has 0 spiro atoms. The first-order valence-electron chi connectivity index (χ1n) is 9.27. The number of benzene rings is 1. The number of hydrogen-bond donors (Lipinski definition) is 1. The third-order valence-electron chi connectivity index (χ3n) is 5.56. The van der Waals surface area contributed by atoms with Crippen molar-refractivity contribution >= 4 is 40.6 Å². The zero-order chi connectivity index (χ0) is 19.1. The van der Waals surface area contributed by atoms with E-state index in [1.165, 1.54) is 9.75 Å². The van der Waals surface area contributed by atoms with Crippen LogP contribution in [-0.4, -0.2) is 34.4 Å². The third kappa shape index (κ3) is 3.65. The molecule has 0 bridgehead atoms. The Kier molecular flexibility index (Phi) is 5.03. The molecule has 2 amide bonds. The van der Waals surface area contributed by atoms with E-state index in [0.717, 1.165) is 23.2 Å². The van der Waals surface area contributed by atoms with Gasteiger partial charge in [-0.3, -0.25) is 9.59 Å². The fourth-order valence-electron chi connectivity index (χ4n) is 3.63. The number of carbonyl (C=O) groups excluding carboxylic acids is 2. The molecule has 2 aliphatic rings. The molecule has 3 unspecified atom stereocenters. The van der Waals surface area contributed by atoms with Crippen molar-refractivity contribution in [3.05, 3.63) is 51.2 Å². The topological polar surface area (TPSA) is 49.4 Å². The van der Waals surface area contributed by atoms with Crippen LogP contribution < -0.4 is 5.32 Å². The maximum Gasteiger partial charge on any atom is 0.248 e. The van der Waals surface area contributed by atoms with Crippen molar-refractivity contribution in [2.75, 3.05) is 16.9 Å². The highest BCUT2D eigenvalue weighted by atomic mass is 32.2. The van der Waals surface area contributed by atoms with Crippen molar-refractivity contribution in [2.24, 2.45) is 5.92 Å². The van der Waals surface area contributed by atoms with Gasteiger partial charge in [-0.1, -0.05) is 12.1 Å². The fraction of sp³-hybridized carbons (Fsp3) is 0.429. The normalized spacial score (nSPS) is 24.1. The largest absolute Gasteiger partial charge is 0.324 e. The van der Waals surface area contributed by atoms with Gasteiger partial charge in [0.15, 0.2) is 0 Å². The van der Waals surface area contributed by atoms with Crippen LogP contribution in [0, 0.1) is 26.7 Å². The average molecular weight is 401 g/mol. The third-order valence-corrected chi connectivity index (χ3v) is 7.71. The molecule has 1 aliphatic heterocycles. The Morgan fingerprint density at radius 2 is 1.96 bits per heavy atom. The molecule has 27 heavy (non-hydrogen) atoms. The smallest absolute Gasteiger partial charge is 0.248 e. The molecule has 4 rings (SSSR count). The van der Waals surface area contributed by atoms with Gasteiger partial charge in [0, 0.05) is 33.0 Å². The zero-order valence-corrected chi connectivity index (χ0v) is 17.5. The van der Waals surface area contributed by atoms with E-state index in [4.69, 9.17) is 0 Å². The molecule has 1 N–H and O–H groups in total. The molecule has 6 heteroatoms. The number of carbonyl (C=O) groups is 2. The van der Waals surface area contributed by atoms with Gasteiger partial charge in [-0.25, -0.2) is 0 Å². The van der Waals surface area contributed by atoms with Crippen LogP contribution in [0.1, 0.15) is 33.2 Å². The zero-order valence-electron chi connectivity index (χ0n) is 15.8. The summed E-state index contributed by atoms with van der Waals surface area (Å²) in [6.45, 7) is 6.14. The maximum absolute atomic E-state index is 13.0. The van der Waals surface area contributed by atoms with Crippen LogP contribution >= 0.6 is 23.1 Å². The van der Waals surface area contributed by atoms with Gasteiger partial charge in [0.1, 0.15) is 6.04 Å². The molecule has 3 atom stereocenters. The van der Waals surface area contributed by atoms with Crippen molar-refractivity contribution < 1.29 is 9.59 Å². The molecule has 4 nitrogen and oxygen atoms in total. The van der Waals surface area contributed by atoms with Crippen LogP contribution in [0.25, 0.3) is 0 Å². The highest BCUT2D eigenvalue weighted by Crippen LogP contribution is 2.51. The predicted octanol–water partition coefficient (Wildman–Crippen LogP) is 4.32. The number of hydrogen-bond acceptors (Lipinski definition) is 4. The van der Waals surface area contributed by atoms with E-state index in [0.29, 0.717) is 17.5 Å². The first kappa shape index (κ1) is 18.6. The predicted molar refractivity (Wildman–Crippen MR) is 112 cm³/mol. The Labute approximate surface area is 168 Å². The lowest BCUT2D eigenvalue weighted by molar-refractivity contribution is -0.137. The summed E-state index contributed by atoms with van der Waals surface area (Å²) in [5.74, 6) is 1.71. The van der Waals surface area contributed by atoms with E-state index in [9.17, 15) is 9.59 Å². The summed E-state index contributed by atoms with van der Waals surface area (Å²) in [4.78, 5) is 30.3. The molecule has 1 saturated carbocycles. The van der Waals surface area contributed by atoms with Crippen LogP contribution in [0.2, 0.25) is 0 Å². The first-order valence-corrected chi connectivity index (χ1v) is 11.2. The van der Waals surface area contributed by atoms with Crippen molar-refractivity contribution in [2.45, 2.75) is 39.2 Å². The van der Waals surface area contributed by atoms with E-state index in [1.54, 1.807) is 28.0 Å². The Morgan fingerprint density at radius 1 is 1.15 bits per heavy atom. The van der Waals surface area contributed by atoms with Gasteiger partial charge in [0.2, 0.25) is 11.8 Å². The Bertz CT molecular complexity index is 892. The van der Waals surface area contributed by atoms with E-state index in [2.05, 4.69) is 24.4 Å². The summed E-state index contributed by atoms with van der Waals surface area (Å²) in [7, 11) is 0. The number of nitrogens with one attached hydrogen (secondary N) is 1. The van der Waals surface area contributed by atoms with Gasteiger partial charge in [0.25, 0.3) is 0 Å². The summed E-state index contributed by atoms with van der Waals surface area (Å²) in [6.07, 6.45) is 0.908. The monoisotopic (exact) mass is 400 g/mol. The Morgan fingerprint density at radius 3 is 2.70 bits per heavy atom. The minimum Gasteiger partial charge on any atom is -0.324 e. The van der Waals surface area contributed by atoms with Crippen molar-refractivity contribution in [1.82, 2.24) is 4.90 Å². The van der Waals surface area contributed by atoms with Gasteiger partial charge >= 0.3 is 0 Å². The standard InChI is InChI=1S/C21H24N2O2S2/c1-12-5-4-6-17(14(12)3)22-20(24)18-10-26-11-23(18)21(25)16-9-15(16)19-8-7-13(2)27-19/h4-8,15-16,18H,9-11H2,1-3H3,(H,22,24). The van der Waals surface area contributed by atoms with Crippen LogP contribution in [0.4, 0.5) is 5.69 Å². The molecule has 1 aromatic heterocycles. The number of thioether (sulfide) groups is 1. The lowest BCUT2D eigenvalue weighted by atomic mass is 10.1. The summed E-state index contributed by atoms with van der Waals surface area (Å²) in [5.41, 5.74) is 3.06. The van der Waals surface area contributed by atoms with Crippen LogP contribution in [0.3, 0.4) is 0 Å². The molecule has 2 fully saturated rings. The highest BCUT2D eigenvalue weighted by Gasteiger charge is 2.49. The Balaban J connectivity index is 1.43. The van der Waals surface area contributed by atoms with Gasteiger partial charge in [-0.05, 0) is 56.5 Å². The van der Waals surface area contributed by atoms with Gasteiger partial charge < -0.3 is 10.2 Å². The van der Waals surface area contributed by atoms with Crippen molar-refractivity contribution in [3.63, 3.8) is 0 Å². The minimum atomic E-state index is -0.381. The summed E-state index contributed by atoms with van der Waals surface area (Å²) >= 11 is 3.44. The van der Waals surface area contributed by atoms with Crippen molar-refractivity contribution in [3.8, 4) is 0 Å². The van der Waals surface area contributed by atoms with Crippen LogP contribution in [0.15, 0.2) is 30.3 Å². The SMILES string of the molecule is Cc1ccc(C2CC2C(=O)N2CSCC2C(=O)Nc2cccc(C)c2C)s1. The number of anilines is 1. The second kappa shape index (κ2) is 7.32. The van der Waals surface area contributed by atoms with Crippen LogP contribution in [0.5, 0.6) is 0 Å². The number of nitrogens with zero attached hydrogens (tertiary/aromatic N) is 1. The van der Waals surface area contributed by atoms with Crippen molar-refractivity contribution in [1.29, 1.82) is 0 Å². The number of rotatable bonds is 4. The quantitative estimate of drug-likeness (QED) is 0.832. The van der Waals surface area contributed by atoms with E-state index in [1.807, 2.05) is 32.0 Å². The van der Waals surface area contributed by atoms with Gasteiger partial charge in [-0.15, -0.1) is 23.1 Å². The van der Waals surface area contributed by atoms with Gasteiger partial charge in [0.05, 0.1) is 5.88 Å². The number of amides is 2. The van der Waals surface area contributed by atoms with E-state index < -0.39 is 0 Å².